The first-order valence-corrected chi connectivity index (χ1v) is 6.52. The van der Waals surface area contributed by atoms with Crippen molar-refractivity contribution >= 4 is 33.4 Å². The zero-order valence-corrected chi connectivity index (χ0v) is 10.0. The summed E-state index contributed by atoms with van der Waals surface area (Å²) in [5.41, 5.74) is 10.1. The minimum absolute atomic E-state index is 0.186. The van der Waals surface area contributed by atoms with E-state index in [1.807, 2.05) is 13.8 Å². The molecule has 0 aromatic rings. The molecule has 0 unspecified atom stereocenters. The third-order valence-corrected chi connectivity index (χ3v) is 4.61. The van der Waals surface area contributed by atoms with Crippen LogP contribution in [0.15, 0.2) is 0 Å². The predicted molar refractivity (Wildman–Crippen MR) is 61.8 cm³/mol. The second-order valence-corrected chi connectivity index (χ2v) is 6.65. The molecule has 0 aliphatic heterocycles. The molecule has 0 aromatic carbocycles. The molecule has 0 bridgehead atoms. The van der Waals surface area contributed by atoms with E-state index in [-0.39, 0.29) is 16.6 Å². The molecule has 0 heterocycles. The van der Waals surface area contributed by atoms with Crippen LogP contribution in [0.1, 0.15) is 26.7 Å². The number of hydrogen-bond donors (Lipinski definition) is 2. The van der Waals surface area contributed by atoms with Gasteiger partial charge in [0.15, 0.2) is 0 Å². The number of carbonyl (C=O) groups is 2. The van der Waals surface area contributed by atoms with Crippen LogP contribution in [0.5, 0.6) is 0 Å². The van der Waals surface area contributed by atoms with Crippen molar-refractivity contribution in [3.8, 4) is 0 Å². The lowest BCUT2D eigenvalue weighted by molar-refractivity contribution is -0.118. The van der Waals surface area contributed by atoms with Gasteiger partial charge in [0.1, 0.15) is 0 Å². The Kier molecular flexibility index (Phi) is 6.03. The topological polar surface area (TPSA) is 86.2 Å². The SMILES string of the molecule is CC(C)(CC(N)=O)SSCCC(N)=O. The molecule has 0 fully saturated rings. The van der Waals surface area contributed by atoms with Crippen LogP contribution in [0.4, 0.5) is 0 Å². The largest absolute Gasteiger partial charge is 0.370 e. The third kappa shape index (κ3) is 8.25. The minimum Gasteiger partial charge on any atom is -0.370 e. The Balaban J connectivity index is 3.65. The average molecular weight is 236 g/mol. The summed E-state index contributed by atoms with van der Waals surface area (Å²) in [6.07, 6.45) is 0.700. The smallest absolute Gasteiger partial charge is 0.218 e. The molecule has 6 heteroatoms. The third-order valence-electron chi connectivity index (χ3n) is 1.32. The lowest BCUT2D eigenvalue weighted by atomic mass is 10.1. The normalized spacial score (nSPS) is 11.3. The van der Waals surface area contributed by atoms with Gasteiger partial charge in [0, 0.05) is 23.3 Å². The number of primary amides is 2. The summed E-state index contributed by atoms with van der Waals surface area (Å²) in [6.45, 7) is 3.89. The molecule has 0 rings (SSSR count). The van der Waals surface area contributed by atoms with Crippen LogP contribution in [0, 0.1) is 0 Å². The molecular formula is C8H16N2O2S2. The van der Waals surface area contributed by atoms with Crippen LogP contribution in [0.3, 0.4) is 0 Å². The summed E-state index contributed by atoms with van der Waals surface area (Å²) in [6, 6.07) is 0. The Morgan fingerprint density at radius 2 is 1.79 bits per heavy atom. The Morgan fingerprint density at radius 3 is 2.21 bits per heavy atom. The summed E-state index contributed by atoms with van der Waals surface area (Å²) in [4.78, 5) is 21.1. The maximum absolute atomic E-state index is 10.7. The van der Waals surface area contributed by atoms with Crippen molar-refractivity contribution < 1.29 is 9.59 Å². The average Bonchev–Trinajstić information content (AvgIpc) is 1.95. The molecule has 0 aliphatic carbocycles. The fourth-order valence-electron chi connectivity index (χ4n) is 0.792. The van der Waals surface area contributed by atoms with E-state index < -0.39 is 0 Å². The summed E-state index contributed by atoms with van der Waals surface area (Å²) < 4.78 is -0.186. The van der Waals surface area contributed by atoms with E-state index in [4.69, 9.17) is 11.5 Å². The predicted octanol–water partition coefficient (Wildman–Crippen LogP) is 0.897. The molecular weight excluding hydrogens is 220 g/mol. The minimum atomic E-state index is -0.307. The lowest BCUT2D eigenvalue weighted by Gasteiger charge is -2.20. The lowest BCUT2D eigenvalue weighted by Crippen LogP contribution is -2.24. The first-order chi connectivity index (χ1) is 6.33. The van der Waals surface area contributed by atoms with Gasteiger partial charge in [-0.25, -0.2) is 0 Å². The van der Waals surface area contributed by atoms with E-state index in [0.29, 0.717) is 18.6 Å². The molecule has 0 atom stereocenters. The first-order valence-electron chi connectivity index (χ1n) is 4.21. The van der Waals surface area contributed by atoms with Crippen LogP contribution < -0.4 is 11.5 Å². The van der Waals surface area contributed by atoms with Gasteiger partial charge in [0.2, 0.25) is 11.8 Å². The molecule has 0 radical (unpaired) electrons. The molecule has 4 nitrogen and oxygen atoms in total. The Bertz CT molecular complexity index is 219. The van der Waals surface area contributed by atoms with Gasteiger partial charge in [0.05, 0.1) is 0 Å². The van der Waals surface area contributed by atoms with E-state index in [1.165, 1.54) is 10.8 Å². The van der Waals surface area contributed by atoms with Crippen LogP contribution >= 0.6 is 21.6 Å². The maximum atomic E-state index is 10.7. The summed E-state index contributed by atoms with van der Waals surface area (Å²) >= 11 is 0. The Morgan fingerprint density at radius 1 is 1.21 bits per heavy atom. The van der Waals surface area contributed by atoms with Crippen molar-refractivity contribution in [2.45, 2.75) is 31.4 Å². The molecule has 0 saturated heterocycles. The van der Waals surface area contributed by atoms with Gasteiger partial charge in [-0.2, -0.15) is 0 Å². The van der Waals surface area contributed by atoms with Gasteiger partial charge in [0.25, 0.3) is 0 Å². The van der Waals surface area contributed by atoms with Gasteiger partial charge in [-0.05, 0) is 13.8 Å². The van der Waals surface area contributed by atoms with Crippen molar-refractivity contribution in [2.75, 3.05) is 5.75 Å². The molecule has 4 N–H and O–H groups in total. The quantitative estimate of drug-likeness (QED) is 0.508. The number of carbonyl (C=O) groups excluding carboxylic acids is 2. The van der Waals surface area contributed by atoms with E-state index in [0.717, 1.165) is 0 Å². The standard InChI is InChI=1S/C8H16N2O2S2/c1-8(2,5-7(10)12)14-13-4-3-6(9)11/h3-5H2,1-2H3,(H2,9,11)(H2,10,12). The molecule has 82 valence electrons. The number of nitrogens with two attached hydrogens (primary N) is 2. The zero-order valence-electron chi connectivity index (χ0n) is 8.41. The van der Waals surface area contributed by atoms with E-state index >= 15 is 0 Å². The number of amides is 2. The van der Waals surface area contributed by atoms with Crippen molar-refractivity contribution in [3.63, 3.8) is 0 Å². The van der Waals surface area contributed by atoms with E-state index in [2.05, 4.69) is 0 Å². The maximum Gasteiger partial charge on any atom is 0.218 e. The van der Waals surface area contributed by atoms with Gasteiger partial charge in [-0.3, -0.25) is 9.59 Å². The second kappa shape index (κ2) is 6.19. The van der Waals surface area contributed by atoms with Crippen LogP contribution in [0.25, 0.3) is 0 Å². The molecule has 2 amide bonds. The van der Waals surface area contributed by atoms with Crippen molar-refractivity contribution in [2.24, 2.45) is 11.5 Å². The van der Waals surface area contributed by atoms with Crippen LogP contribution in [-0.4, -0.2) is 22.3 Å². The molecule has 0 saturated carbocycles. The monoisotopic (exact) mass is 236 g/mol. The summed E-state index contributed by atoms with van der Waals surface area (Å²) in [5, 5.41) is 0. The van der Waals surface area contributed by atoms with Gasteiger partial charge in [-0.15, -0.1) is 0 Å². The van der Waals surface area contributed by atoms with Gasteiger partial charge in [-0.1, -0.05) is 21.6 Å². The highest BCUT2D eigenvalue weighted by Gasteiger charge is 2.21. The second-order valence-electron chi connectivity index (χ2n) is 3.52. The first kappa shape index (κ1) is 13.6. The number of rotatable bonds is 7. The number of hydrogen-bond acceptors (Lipinski definition) is 4. The Hall–Kier alpha value is -0.360. The highest BCUT2D eigenvalue weighted by atomic mass is 33.1. The molecule has 0 spiro atoms. The van der Waals surface area contributed by atoms with E-state index in [1.54, 1.807) is 10.8 Å². The van der Waals surface area contributed by atoms with Crippen molar-refractivity contribution in [1.29, 1.82) is 0 Å². The van der Waals surface area contributed by atoms with Crippen molar-refractivity contribution in [3.05, 3.63) is 0 Å². The van der Waals surface area contributed by atoms with Crippen LogP contribution in [0.2, 0.25) is 0 Å². The van der Waals surface area contributed by atoms with Crippen molar-refractivity contribution in [1.82, 2.24) is 0 Å². The van der Waals surface area contributed by atoms with Gasteiger partial charge < -0.3 is 11.5 Å². The molecule has 0 aliphatic rings. The fraction of sp³-hybridized carbons (Fsp3) is 0.750. The summed E-state index contributed by atoms with van der Waals surface area (Å²) in [5.74, 6) is 0.0613. The van der Waals surface area contributed by atoms with Gasteiger partial charge >= 0.3 is 0 Å². The molecule has 14 heavy (non-hydrogen) atoms. The van der Waals surface area contributed by atoms with Crippen LogP contribution in [-0.2, 0) is 9.59 Å². The fourth-order valence-corrected chi connectivity index (χ4v) is 3.31. The molecule has 0 aromatic heterocycles. The summed E-state index contributed by atoms with van der Waals surface area (Å²) in [7, 11) is 3.10. The zero-order chi connectivity index (χ0) is 11.2. The van der Waals surface area contributed by atoms with E-state index in [9.17, 15) is 9.59 Å². The highest BCUT2D eigenvalue weighted by molar-refractivity contribution is 8.77. The highest BCUT2D eigenvalue weighted by Crippen LogP contribution is 2.37. The Labute approximate surface area is 91.9 Å².